The minimum atomic E-state index is 0.103. The summed E-state index contributed by atoms with van der Waals surface area (Å²) in [5.41, 5.74) is 2.13. The second-order valence-corrected chi connectivity index (χ2v) is 5.67. The molecule has 2 fully saturated rings. The fourth-order valence-corrected chi connectivity index (χ4v) is 4.09. The number of carbonyl (C=O) groups excluding carboxylic acids is 2. The lowest BCUT2D eigenvalue weighted by Gasteiger charge is -2.43. The highest BCUT2D eigenvalue weighted by molar-refractivity contribution is 6.02. The van der Waals surface area contributed by atoms with Crippen LogP contribution in [0.4, 0.5) is 0 Å². The molecule has 16 heavy (non-hydrogen) atoms. The number of carbonyl (C=O) groups is 2. The minimum absolute atomic E-state index is 0.103. The van der Waals surface area contributed by atoms with Gasteiger partial charge in [0.05, 0.1) is 0 Å². The normalized spacial score (nSPS) is 42.6. The summed E-state index contributed by atoms with van der Waals surface area (Å²) in [6, 6.07) is 0. The number of hydrogen-bond acceptors (Lipinski definition) is 2. The van der Waals surface area contributed by atoms with Gasteiger partial charge in [0.25, 0.3) is 0 Å². The van der Waals surface area contributed by atoms with Gasteiger partial charge in [-0.05, 0) is 42.7 Å². The molecule has 0 amide bonds. The molecule has 0 saturated heterocycles. The van der Waals surface area contributed by atoms with Crippen molar-refractivity contribution in [3.8, 4) is 0 Å². The first-order chi connectivity index (χ1) is 7.61. The van der Waals surface area contributed by atoms with E-state index in [0.717, 1.165) is 24.8 Å². The smallest absolute Gasteiger partial charge is 0.159 e. The fourth-order valence-electron chi connectivity index (χ4n) is 4.09. The van der Waals surface area contributed by atoms with Crippen LogP contribution < -0.4 is 0 Å². The molecule has 0 aromatic rings. The van der Waals surface area contributed by atoms with Crippen LogP contribution in [0.1, 0.15) is 39.5 Å². The topological polar surface area (TPSA) is 34.1 Å². The molecule has 0 heterocycles. The van der Waals surface area contributed by atoms with E-state index in [1.165, 1.54) is 5.57 Å². The minimum Gasteiger partial charge on any atom is -0.299 e. The largest absolute Gasteiger partial charge is 0.299 e. The second-order valence-electron chi connectivity index (χ2n) is 5.67. The highest BCUT2D eigenvalue weighted by atomic mass is 16.1. The van der Waals surface area contributed by atoms with Gasteiger partial charge in [-0.1, -0.05) is 13.3 Å². The summed E-state index contributed by atoms with van der Waals surface area (Å²) in [6.07, 6.45) is 3.86. The molecular formula is C14H18O2. The van der Waals surface area contributed by atoms with Gasteiger partial charge in [-0.3, -0.25) is 9.59 Å². The first kappa shape index (κ1) is 10.2. The molecule has 0 aromatic carbocycles. The lowest BCUT2D eigenvalue weighted by molar-refractivity contribution is -0.133. The molecule has 2 heteroatoms. The molecule has 2 bridgehead atoms. The molecule has 2 nitrogen and oxygen atoms in total. The number of Topliss-reactive ketones (excluding diaryl/α,β-unsaturated/α-hetero) is 2. The Morgan fingerprint density at radius 1 is 1.12 bits per heavy atom. The first-order valence-electron chi connectivity index (χ1n) is 6.39. The zero-order valence-electron chi connectivity index (χ0n) is 9.95. The molecule has 2 saturated carbocycles. The van der Waals surface area contributed by atoms with Crippen molar-refractivity contribution < 1.29 is 9.59 Å². The van der Waals surface area contributed by atoms with Crippen molar-refractivity contribution in [3.05, 3.63) is 11.1 Å². The third-order valence-corrected chi connectivity index (χ3v) is 5.02. The van der Waals surface area contributed by atoms with Gasteiger partial charge >= 0.3 is 0 Å². The Balaban J connectivity index is 2.10. The molecule has 3 aliphatic carbocycles. The van der Waals surface area contributed by atoms with Crippen molar-refractivity contribution in [1.82, 2.24) is 0 Å². The van der Waals surface area contributed by atoms with E-state index < -0.39 is 0 Å². The van der Waals surface area contributed by atoms with Crippen LogP contribution in [0.25, 0.3) is 0 Å². The molecule has 0 aliphatic heterocycles. The van der Waals surface area contributed by atoms with Crippen molar-refractivity contribution in [3.63, 3.8) is 0 Å². The van der Waals surface area contributed by atoms with E-state index in [9.17, 15) is 9.59 Å². The third-order valence-electron chi connectivity index (χ3n) is 5.02. The Kier molecular flexibility index (Phi) is 2.10. The Bertz CT molecular complexity index is 405. The molecule has 3 rings (SSSR count). The summed E-state index contributed by atoms with van der Waals surface area (Å²) in [4.78, 5) is 24.1. The molecule has 0 aromatic heterocycles. The Morgan fingerprint density at radius 3 is 2.62 bits per heavy atom. The summed E-state index contributed by atoms with van der Waals surface area (Å²) in [6.45, 7) is 4.09. The van der Waals surface area contributed by atoms with E-state index in [1.54, 1.807) is 0 Å². The van der Waals surface area contributed by atoms with Crippen LogP contribution in [0.2, 0.25) is 0 Å². The second kappa shape index (κ2) is 3.28. The van der Waals surface area contributed by atoms with Gasteiger partial charge in [-0.25, -0.2) is 0 Å². The van der Waals surface area contributed by atoms with E-state index >= 15 is 0 Å². The standard InChI is InChI=1S/C14H18O2/c1-7-9-4-3-5-10(14(9)16)13-8(2)12(15)6-11(7)13/h7,9-11H,3-6H2,1-2H3/t7-,9?,10?,11?/m0/s1. The summed E-state index contributed by atoms with van der Waals surface area (Å²) in [5.74, 6) is 1.84. The summed E-state index contributed by atoms with van der Waals surface area (Å²) < 4.78 is 0. The lowest BCUT2D eigenvalue weighted by Crippen LogP contribution is -2.43. The monoisotopic (exact) mass is 218 g/mol. The maximum atomic E-state index is 12.3. The molecule has 0 N–H and O–H groups in total. The van der Waals surface area contributed by atoms with Gasteiger partial charge in [-0.2, -0.15) is 0 Å². The highest BCUT2D eigenvalue weighted by Crippen LogP contribution is 2.52. The molecule has 4 atom stereocenters. The fraction of sp³-hybridized carbons (Fsp3) is 0.714. The van der Waals surface area contributed by atoms with E-state index in [1.807, 2.05) is 6.92 Å². The van der Waals surface area contributed by atoms with Crippen molar-refractivity contribution >= 4 is 11.6 Å². The van der Waals surface area contributed by atoms with Crippen LogP contribution in [-0.2, 0) is 9.59 Å². The number of allylic oxidation sites excluding steroid dienone is 2. The Hall–Kier alpha value is -0.920. The van der Waals surface area contributed by atoms with Gasteiger partial charge in [0.1, 0.15) is 5.78 Å². The molecule has 3 aliphatic rings. The van der Waals surface area contributed by atoms with E-state index in [2.05, 4.69) is 6.92 Å². The van der Waals surface area contributed by atoms with Gasteiger partial charge in [-0.15, -0.1) is 0 Å². The summed E-state index contributed by atoms with van der Waals surface area (Å²) >= 11 is 0. The van der Waals surface area contributed by atoms with Gasteiger partial charge in [0, 0.05) is 18.3 Å². The number of rotatable bonds is 0. The van der Waals surface area contributed by atoms with Crippen LogP contribution in [-0.4, -0.2) is 11.6 Å². The van der Waals surface area contributed by atoms with Crippen LogP contribution in [0, 0.1) is 23.7 Å². The molecule has 3 unspecified atom stereocenters. The van der Waals surface area contributed by atoms with Crippen molar-refractivity contribution in [2.75, 3.05) is 0 Å². The predicted molar refractivity (Wildman–Crippen MR) is 60.8 cm³/mol. The van der Waals surface area contributed by atoms with Crippen molar-refractivity contribution in [2.24, 2.45) is 23.7 Å². The van der Waals surface area contributed by atoms with Gasteiger partial charge < -0.3 is 0 Å². The Morgan fingerprint density at radius 2 is 1.88 bits per heavy atom. The molecule has 0 spiro atoms. The van der Waals surface area contributed by atoms with Crippen LogP contribution in [0.5, 0.6) is 0 Å². The van der Waals surface area contributed by atoms with Gasteiger partial charge in [0.15, 0.2) is 5.78 Å². The molecule has 86 valence electrons. The Labute approximate surface area is 96.1 Å². The first-order valence-corrected chi connectivity index (χ1v) is 6.39. The zero-order valence-corrected chi connectivity index (χ0v) is 9.95. The molecular weight excluding hydrogens is 200 g/mol. The highest BCUT2D eigenvalue weighted by Gasteiger charge is 2.50. The maximum Gasteiger partial charge on any atom is 0.159 e. The zero-order chi connectivity index (χ0) is 11.4. The van der Waals surface area contributed by atoms with Crippen molar-refractivity contribution in [2.45, 2.75) is 39.5 Å². The average Bonchev–Trinajstić information content (AvgIpc) is 2.54. The van der Waals surface area contributed by atoms with E-state index in [4.69, 9.17) is 0 Å². The van der Waals surface area contributed by atoms with E-state index in [-0.39, 0.29) is 17.6 Å². The third kappa shape index (κ3) is 1.13. The lowest BCUT2D eigenvalue weighted by atomic mass is 9.60. The van der Waals surface area contributed by atoms with Crippen LogP contribution in [0.15, 0.2) is 11.1 Å². The SMILES string of the molecule is CC1=C2C3CCCC(C3=O)[C@H](C)C2CC1=O. The van der Waals surface area contributed by atoms with Crippen molar-refractivity contribution in [1.29, 1.82) is 0 Å². The number of hydrogen-bond donors (Lipinski definition) is 0. The number of ketones is 2. The van der Waals surface area contributed by atoms with Crippen LogP contribution in [0.3, 0.4) is 0 Å². The van der Waals surface area contributed by atoms with Gasteiger partial charge in [0.2, 0.25) is 0 Å². The average molecular weight is 218 g/mol. The van der Waals surface area contributed by atoms with E-state index in [0.29, 0.717) is 24.0 Å². The molecule has 0 radical (unpaired) electrons. The maximum absolute atomic E-state index is 12.3. The quantitative estimate of drug-likeness (QED) is 0.626. The summed E-state index contributed by atoms with van der Waals surface area (Å²) in [7, 11) is 0. The number of fused-ring (bicyclic) bond motifs is 4. The summed E-state index contributed by atoms with van der Waals surface area (Å²) in [5, 5.41) is 0. The predicted octanol–water partition coefficient (Wildman–Crippen LogP) is 2.53. The van der Waals surface area contributed by atoms with Crippen LogP contribution >= 0.6 is 0 Å².